The Bertz CT molecular complexity index is 913. The summed E-state index contributed by atoms with van der Waals surface area (Å²) in [7, 11) is -1.67. The van der Waals surface area contributed by atoms with Crippen molar-refractivity contribution < 1.29 is 13.2 Å². The molecule has 0 saturated carbocycles. The third kappa shape index (κ3) is 5.41. The molecule has 2 heterocycles. The molecule has 0 bridgehead atoms. The van der Waals surface area contributed by atoms with Gasteiger partial charge in [0.2, 0.25) is 10.0 Å². The summed E-state index contributed by atoms with van der Waals surface area (Å²) < 4.78 is 32.2. The van der Waals surface area contributed by atoms with Crippen LogP contribution in [0, 0.1) is 0 Å². The van der Waals surface area contributed by atoms with Gasteiger partial charge in [0.1, 0.15) is 5.75 Å². The van der Waals surface area contributed by atoms with Gasteiger partial charge in [0, 0.05) is 21.9 Å². The predicted molar refractivity (Wildman–Crippen MR) is 110 cm³/mol. The van der Waals surface area contributed by atoms with Gasteiger partial charge in [-0.2, -0.15) is 11.3 Å². The van der Waals surface area contributed by atoms with Crippen LogP contribution in [-0.2, 0) is 22.9 Å². The van der Waals surface area contributed by atoms with Crippen molar-refractivity contribution in [1.29, 1.82) is 0 Å². The number of hydrogen-bond acceptors (Lipinski definition) is 5. The van der Waals surface area contributed by atoms with Crippen LogP contribution in [0.1, 0.15) is 10.4 Å². The summed E-state index contributed by atoms with van der Waals surface area (Å²) in [6.07, 6.45) is 1.19. The predicted octanol–water partition coefficient (Wildman–Crippen LogP) is 4.19. The number of benzene rings is 1. The molecule has 0 saturated heterocycles. The van der Waals surface area contributed by atoms with Crippen molar-refractivity contribution in [2.45, 2.75) is 12.8 Å². The molecule has 4 nitrogen and oxygen atoms in total. The van der Waals surface area contributed by atoms with E-state index in [2.05, 4.69) is 33.7 Å². The summed E-state index contributed by atoms with van der Waals surface area (Å²) in [5.74, 6) is 0.858. The Hall–Kier alpha value is -1.67. The summed E-state index contributed by atoms with van der Waals surface area (Å²) >= 11 is 3.39. The Balaban J connectivity index is 1.46. The molecule has 1 aromatic carbocycles. The first-order chi connectivity index (χ1) is 12.6. The van der Waals surface area contributed by atoms with E-state index in [4.69, 9.17) is 4.74 Å². The Labute approximate surface area is 162 Å². The molecule has 1 N–H and O–H groups in total. The third-order valence-corrected chi connectivity index (χ3v) is 7.24. The highest BCUT2D eigenvalue weighted by atomic mass is 32.2. The van der Waals surface area contributed by atoms with E-state index in [1.54, 1.807) is 29.8 Å². The van der Waals surface area contributed by atoms with Crippen molar-refractivity contribution in [3.05, 3.63) is 63.7 Å². The SMILES string of the molecule is COc1ccc(CCS(=O)(=O)NCCc2ccc(-c3ccsc3)s2)cc1. The summed E-state index contributed by atoms with van der Waals surface area (Å²) in [5, 5.41) is 4.18. The highest BCUT2D eigenvalue weighted by Crippen LogP contribution is 2.29. The molecule has 0 unspecified atom stereocenters. The van der Waals surface area contributed by atoms with Gasteiger partial charge in [0.05, 0.1) is 12.9 Å². The fraction of sp³-hybridized carbons (Fsp3) is 0.263. The molecule has 3 rings (SSSR count). The molecule has 0 spiro atoms. The summed E-state index contributed by atoms with van der Waals surface area (Å²) in [6, 6.07) is 13.7. The van der Waals surface area contributed by atoms with Crippen LogP contribution in [0.15, 0.2) is 53.2 Å². The maximum absolute atomic E-state index is 12.2. The molecule has 0 fully saturated rings. The van der Waals surface area contributed by atoms with E-state index >= 15 is 0 Å². The van der Waals surface area contributed by atoms with Crippen LogP contribution in [0.3, 0.4) is 0 Å². The second kappa shape index (κ2) is 8.81. The molecule has 0 aliphatic rings. The van der Waals surface area contributed by atoms with E-state index in [0.29, 0.717) is 19.4 Å². The number of thiophene rings is 2. The van der Waals surface area contributed by atoms with Crippen molar-refractivity contribution in [3.8, 4) is 16.2 Å². The maximum atomic E-state index is 12.2. The van der Waals surface area contributed by atoms with Crippen LogP contribution in [0.4, 0.5) is 0 Å². The van der Waals surface area contributed by atoms with Gasteiger partial charge in [0.25, 0.3) is 0 Å². The van der Waals surface area contributed by atoms with Crippen LogP contribution in [-0.4, -0.2) is 27.8 Å². The second-order valence-corrected chi connectivity index (χ2v) is 9.71. The van der Waals surface area contributed by atoms with Crippen LogP contribution < -0.4 is 9.46 Å². The summed E-state index contributed by atoms with van der Waals surface area (Å²) in [6.45, 7) is 0.425. The first-order valence-corrected chi connectivity index (χ1v) is 11.7. The van der Waals surface area contributed by atoms with E-state index in [9.17, 15) is 8.42 Å². The molecule has 26 heavy (non-hydrogen) atoms. The lowest BCUT2D eigenvalue weighted by atomic mass is 10.2. The molecule has 0 aliphatic heterocycles. The Morgan fingerprint density at radius 2 is 1.85 bits per heavy atom. The van der Waals surface area contributed by atoms with E-state index < -0.39 is 10.0 Å². The van der Waals surface area contributed by atoms with Gasteiger partial charge < -0.3 is 4.74 Å². The monoisotopic (exact) mass is 407 g/mol. The van der Waals surface area contributed by atoms with Gasteiger partial charge in [-0.3, -0.25) is 0 Å². The number of nitrogens with one attached hydrogen (secondary N) is 1. The molecule has 7 heteroatoms. The zero-order valence-corrected chi connectivity index (χ0v) is 16.9. The van der Waals surface area contributed by atoms with Crippen LogP contribution in [0.5, 0.6) is 5.75 Å². The normalized spacial score (nSPS) is 11.6. The fourth-order valence-corrected chi connectivity index (χ4v) is 5.31. The first-order valence-electron chi connectivity index (χ1n) is 8.27. The van der Waals surface area contributed by atoms with Gasteiger partial charge in [-0.15, -0.1) is 11.3 Å². The topological polar surface area (TPSA) is 55.4 Å². The lowest BCUT2D eigenvalue weighted by molar-refractivity contribution is 0.414. The Morgan fingerprint density at radius 3 is 2.54 bits per heavy atom. The molecule has 3 aromatic rings. The van der Waals surface area contributed by atoms with Gasteiger partial charge in [-0.25, -0.2) is 13.1 Å². The van der Waals surface area contributed by atoms with Crippen molar-refractivity contribution in [1.82, 2.24) is 4.72 Å². The van der Waals surface area contributed by atoms with Gasteiger partial charge in [-0.05, 0) is 59.5 Å². The number of ether oxygens (including phenoxy) is 1. The minimum absolute atomic E-state index is 0.0872. The van der Waals surface area contributed by atoms with E-state index in [-0.39, 0.29) is 5.75 Å². The molecular formula is C19H21NO3S3. The minimum atomic E-state index is -3.28. The number of aryl methyl sites for hydroxylation is 1. The van der Waals surface area contributed by atoms with Crippen molar-refractivity contribution >= 4 is 32.7 Å². The number of sulfonamides is 1. The largest absolute Gasteiger partial charge is 0.497 e. The lowest BCUT2D eigenvalue weighted by Crippen LogP contribution is -2.29. The van der Waals surface area contributed by atoms with Crippen LogP contribution in [0.25, 0.3) is 10.4 Å². The maximum Gasteiger partial charge on any atom is 0.211 e. The van der Waals surface area contributed by atoms with Crippen molar-refractivity contribution in [3.63, 3.8) is 0 Å². The molecule has 0 aliphatic carbocycles. The zero-order chi connectivity index (χ0) is 18.4. The minimum Gasteiger partial charge on any atom is -0.497 e. The molecule has 0 atom stereocenters. The lowest BCUT2D eigenvalue weighted by Gasteiger charge is -2.07. The summed E-state index contributed by atoms with van der Waals surface area (Å²) in [5.41, 5.74) is 2.21. The average molecular weight is 408 g/mol. The Kier molecular flexibility index (Phi) is 6.48. The van der Waals surface area contributed by atoms with E-state index in [0.717, 1.165) is 11.3 Å². The third-order valence-electron chi connectivity index (χ3n) is 3.98. The van der Waals surface area contributed by atoms with Gasteiger partial charge in [0.15, 0.2) is 0 Å². The molecular weight excluding hydrogens is 386 g/mol. The van der Waals surface area contributed by atoms with Crippen LogP contribution >= 0.6 is 22.7 Å². The number of rotatable bonds is 9. The highest BCUT2D eigenvalue weighted by molar-refractivity contribution is 7.89. The van der Waals surface area contributed by atoms with Gasteiger partial charge >= 0.3 is 0 Å². The first kappa shape index (κ1) is 19.1. The molecule has 0 radical (unpaired) electrons. The fourth-order valence-electron chi connectivity index (χ4n) is 2.52. The van der Waals surface area contributed by atoms with Crippen LogP contribution in [0.2, 0.25) is 0 Å². The van der Waals surface area contributed by atoms with Gasteiger partial charge in [-0.1, -0.05) is 12.1 Å². The molecule has 138 valence electrons. The smallest absolute Gasteiger partial charge is 0.211 e. The number of methoxy groups -OCH3 is 1. The van der Waals surface area contributed by atoms with Crippen molar-refractivity contribution in [2.24, 2.45) is 0 Å². The zero-order valence-electron chi connectivity index (χ0n) is 14.5. The Morgan fingerprint density at radius 1 is 1.04 bits per heavy atom. The molecule has 2 aromatic heterocycles. The quantitative estimate of drug-likeness (QED) is 0.579. The van der Waals surface area contributed by atoms with E-state index in [1.807, 2.05) is 24.3 Å². The highest BCUT2D eigenvalue weighted by Gasteiger charge is 2.11. The average Bonchev–Trinajstić information content (AvgIpc) is 3.32. The summed E-state index contributed by atoms with van der Waals surface area (Å²) in [4.78, 5) is 2.41. The van der Waals surface area contributed by atoms with Crippen molar-refractivity contribution in [2.75, 3.05) is 19.4 Å². The number of hydrogen-bond donors (Lipinski definition) is 1. The second-order valence-electron chi connectivity index (χ2n) is 5.84. The standard InChI is InChI=1S/C19H21NO3S3/c1-23-17-4-2-15(3-5-17)10-13-26(21,22)20-11-8-18-6-7-19(25-18)16-9-12-24-14-16/h2-7,9,12,14,20H,8,10-11,13H2,1H3. The van der Waals surface area contributed by atoms with E-state index in [1.165, 1.54) is 15.3 Å². The molecule has 0 amide bonds.